The monoisotopic (exact) mass is 196 g/mol. The summed E-state index contributed by atoms with van der Waals surface area (Å²) < 4.78 is 1.70. The Morgan fingerprint density at radius 2 is 2.29 bits per heavy atom. The van der Waals surface area contributed by atoms with Crippen LogP contribution in [0.3, 0.4) is 0 Å². The fourth-order valence-corrected chi connectivity index (χ4v) is 1.08. The summed E-state index contributed by atoms with van der Waals surface area (Å²) in [5.41, 5.74) is 7.10. The average molecular weight is 196 g/mol. The number of aromatic nitrogens is 2. The highest BCUT2D eigenvalue weighted by atomic mass is 16.2. The third-order valence-corrected chi connectivity index (χ3v) is 2.04. The summed E-state index contributed by atoms with van der Waals surface area (Å²) in [7, 11) is 3.48. The quantitative estimate of drug-likeness (QED) is 0.753. The lowest BCUT2D eigenvalue weighted by Gasteiger charge is -2.09. The standard InChI is InChI=1S/C9H16N4O/c1-7-8(10)6-13(11-7)5-4-9(14)12(2)3/h6H,4-5,10H2,1-3H3. The Morgan fingerprint density at radius 1 is 1.64 bits per heavy atom. The first-order valence-electron chi connectivity index (χ1n) is 4.50. The zero-order chi connectivity index (χ0) is 10.7. The van der Waals surface area contributed by atoms with Crippen LogP contribution in [0.5, 0.6) is 0 Å². The number of aryl methyl sites for hydroxylation is 2. The number of nitrogens with two attached hydrogens (primary N) is 1. The molecule has 0 unspecified atom stereocenters. The highest BCUT2D eigenvalue weighted by Gasteiger charge is 2.05. The van der Waals surface area contributed by atoms with Crippen molar-refractivity contribution in [1.82, 2.24) is 14.7 Å². The molecule has 0 saturated heterocycles. The lowest BCUT2D eigenvalue weighted by Crippen LogP contribution is -2.22. The molecule has 0 fully saturated rings. The van der Waals surface area contributed by atoms with Crippen LogP contribution in [0.15, 0.2) is 6.20 Å². The van der Waals surface area contributed by atoms with Crippen molar-refractivity contribution in [1.29, 1.82) is 0 Å². The van der Waals surface area contributed by atoms with Gasteiger partial charge in [-0.1, -0.05) is 0 Å². The van der Waals surface area contributed by atoms with Gasteiger partial charge in [0.2, 0.25) is 5.91 Å². The predicted molar refractivity (Wildman–Crippen MR) is 54.7 cm³/mol. The van der Waals surface area contributed by atoms with Gasteiger partial charge in [0.05, 0.1) is 11.4 Å². The number of carbonyl (C=O) groups excluding carboxylic acids is 1. The first-order chi connectivity index (χ1) is 6.50. The zero-order valence-electron chi connectivity index (χ0n) is 8.82. The molecule has 5 nitrogen and oxygen atoms in total. The number of amides is 1. The second kappa shape index (κ2) is 4.13. The number of hydrogen-bond acceptors (Lipinski definition) is 3. The molecule has 78 valence electrons. The molecule has 5 heteroatoms. The van der Waals surface area contributed by atoms with Crippen LogP contribution in [0.25, 0.3) is 0 Å². The van der Waals surface area contributed by atoms with Gasteiger partial charge in [-0.05, 0) is 6.92 Å². The van der Waals surface area contributed by atoms with Crippen LogP contribution in [0.4, 0.5) is 5.69 Å². The van der Waals surface area contributed by atoms with Crippen LogP contribution in [0.1, 0.15) is 12.1 Å². The number of rotatable bonds is 3. The van der Waals surface area contributed by atoms with Crippen molar-refractivity contribution < 1.29 is 4.79 Å². The normalized spacial score (nSPS) is 10.2. The van der Waals surface area contributed by atoms with Crippen LogP contribution in [-0.2, 0) is 11.3 Å². The van der Waals surface area contributed by atoms with E-state index in [4.69, 9.17) is 5.73 Å². The van der Waals surface area contributed by atoms with Crippen molar-refractivity contribution in [2.24, 2.45) is 0 Å². The number of anilines is 1. The van der Waals surface area contributed by atoms with Gasteiger partial charge < -0.3 is 10.6 Å². The number of nitrogens with zero attached hydrogens (tertiary/aromatic N) is 3. The fraction of sp³-hybridized carbons (Fsp3) is 0.556. The van der Waals surface area contributed by atoms with Crippen LogP contribution in [0.2, 0.25) is 0 Å². The van der Waals surface area contributed by atoms with E-state index in [0.29, 0.717) is 18.7 Å². The minimum atomic E-state index is 0.0942. The molecule has 0 bridgehead atoms. The number of nitrogen functional groups attached to an aromatic ring is 1. The molecule has 1 rings (SSSR count). The largest absolute Gasteiger partial charge is 0.396 e. The van der Waals surface area contributed by atoms with E-state index in [2.05, 4.69) is 5.10 Å². The minimum Gasteiger partial charge on any atom is -0.396 e. The van der Waals surface area contributed by atoms with E-state index in [9.17, 15) is 4.79 Å². The SMILES string of the molecule is Cc1nn(CCC(=O)N(C)C)cc1N. The molecule has 0 aromatic carbocycles. The van der Waals surface area contributed by atoms with Crippen LogP contribution in [-0.4, -0.2) is 34.7 Å². The third-order valence-electron chi connectivity index (χ3n) is 2.04. The molecular weight excluding hydrogens is 180 g/mol. The summed E-state index contributed by atoms with van der Waals surface area (Å²) in [6, 6.07) is 0. The summed E-state index contributed by atoms with van der Waals surface area (Å²) in [6.07, 6.45) is 2.20. The van der Waals surface area contributed by atoms with Gasteiger partial charge in [-0.25, -0.2) is 0 Å². The Labute approximate surface area is 83.5 Å². The first-order valence-corrected chi connectivity index (χ1v) is 4.50. The molecule has 0 saturated carbocycles. The number of hydrogen-bond donors (Lipinski definition) is 1. The first kappa shape index (κ1) is 10.6. The molecule has 2 N–H and O–H groups in total. The van der Waals surface area contributed by atoms with Crippen molar-refractivity contribution in [3.05, 3.63) is 11.9 Å². The molecule has 0 aliphatic rings. The van der Waals surface area contributed by atoms with Gasteiger partial charge >= 0.3 is 0 Å². The van der Waals surface area contributed by atoms with Crippen LogP contribution < -0.4 is 5.73 Å². The van der Waals surface area contributed by atoms with E-state index < -0.39 is 0 Å². The van der Waals surface area contributed by atoms with Crippen molar-refractivity contribution in [2.45, 2.75) is 19.9 Å². The fourth-order valence-electron chi connectivity index (χ4n) is 1.08. The second-order valence-electron chi connectivity index (χ2n) is 3.47. The zero-order valence-corrected chi connectivity index (χ0v) is 8.82. The van der Waals surface area contributed by atoms with E-state index >= 15 is 0 Å². The van der Waals surface area contributed by atoms with Crippen LogP contribution >= 0.6 is 0 Å². The van der Waals surface area contributed by atoms with Crippen molar-refractivity contribution in [3.63, 3.8) is 0 Å². The molecule has 1 aromatic heterocycles. The molecular formula is C9H16N4O. The maximum atomic E-state index is 11.3. The van der Waals surface area contributed by atoms with Gasteiger partial charge in [0.1, 0.15) is 0 Å². The Bertz CT molecular complexity index is 310. The summed E-state index contributed by atoms with van der Waals surface area (Å²) >= 11 is 0. The summed E-state index contributed by atoms with van der Waals surface area (Å²) in [5, 5.41) is 4.16. The highest BCUT2D eigenvalue weighted by Crippen LogP contribution is 2.07. The molecule has 1 amide bonds. The lowest BCUT2D eigenvalue weighted by molar-refractivity contribution is -0.128. The summed E-state index contributed by atoms with van der Waals surface area (Å²) in [4.78, 5) is 12.8. The smallest absolute Gasteiger partial charge is 0.223 e. The predicted octanol–water partition coefficient (Wildman–Crippen LogP) is 0.252. The molecule has 0 atom stereocenters. The maximum absolute atomic E-state index is 11.3. The topological polar surface area (TPSA) is 64.2 Å². The molecule has 0 radical (unpaired) electrons. The minimum absolute atomic E-state index is 0.0942. The Hall–Kier alpha value is -1.52. The highest BCUT2D eigenvalue weighted by molar-refractivity contribution is 5.75. The third kappa shape index (κ3) is 2.48. The summed E-state index contributed by atoms with van der Waals surface area (Å²) in [5.74, 6) is 0.0942. The maximum Gasteiger partial charge on any atom is 0.223 e. The molecule has 0 aliphatic heterocycles. The van der Waals surface area contributed by atoms with Crippen molar-refractivity contribution >= 4 is 11.6 Å². The van der Waals surface area contributed by atoms with Gasteiger partial charge in [-0.15, -0.1) is 0 Å². The van der Waals surface area contributed by atoms with E-state index in [-0.39, 0.29) is 5.91 Å². The Kier molecular flexibility index (Phi) is 3.11. The lowest BCUT2D eigenvalue weighted by atomic mass is 10.4. The second-order valence-corrected chi connectivity index (χ2v) is 3.47. The van der Waals surface area contributed by atoms with E-state index in [1.54, 1.807) is 29.9 Å². The molecule has 0 aliphatic carbocycles. The van der Waals surface area contributed by atoms with E-state index in [1.165, 1.54) is 0 Å². The van der Waals surface area contributed by atoms with Gasteiger partial charge in [0.25, 0.3) is 0 Å². The summed E-state index contributed by atoms with van der Waals surface area (Å²) in [6.45, 7) is 2.43. The molecule has 1 aromatic rings. The van der Waals surface area contributed by atoms with Crippen molar-refractivity contribution in [3.8, 4) is 0 Å². The number of carbonyl (C=O) groups is 1. The van der Waals surface area contributed by atoms with E-state index in [1.807, 2.05) is 6.92 Å². The molecule has 14 heavy (non-hydrogen) atoms. The molecule has 0 spiro atoms. The van der Waals surface area contributed by atoms with Crippen LogP contribution in [0, 0.1) is 6.92 Å². The van der Waals surface area contributed by atoms with Gasteiger partial charge in [0, 0.05) is 33.3 Å². The van der Waals surface area contributed by atoms with E-state index in [0.717, 1.165) is 5.69 Å². The average Bonchev–Trinajstić information content (AvgIpc) is 2.42. The van der Waals surface area contributed by atoms with Crippen molar-refractivity contribution in [2.75, 3.05) is 19.8 Å². The van der Waals surface area contributed by atoms with Gasteiger partial charge in [-0.3, -0.25) is 9.48 Å². The van der Waals surface area contributed by atoms with Gasteiger partial charge in [-0.2, -0.15) is 5.10 Å². The van der Waals surface area contributed by atoms with Gasteiger partial charge in [0.15, 0.2) is 0 Å². The molecule has 1 heterocycles. The Balaban J connectivity index is 2.50. The Morgan fingerprint density at radius 3 is 2.71 bits per heavy atom.